The van der Waals surface area contributed by atoms with Gasteiger partial charge >= 0.3 is 5.97 Å². The second-order valence-electron chi connectivity index (χ2n) is 4.98. The lowest BCUT2D eigenvalue weighted by Gasteiger charge is -2.15. The van der Waals surface area contributed by atoms with E-state index >= 15 is 0 Å². The van der Waals surface area contributed by atoms with Gasteiger partial charge in [0.15, 0.2) is 11.5 Å². The molecule has 8 heteroatoms. The minimum Gasteiger partial charge on any atom is -0.490 e. The van der Waals surface area contributed by atoms with Crippen LogP contribution < -0.4 is 9.47 Å². The van der Waals surface area contributed by atoms with Crippen LogP contribution in [-0.2, 0) is 9.53 Å². The van der Waals surface area contributed by atoms with Crippen molar-refractivity contribution < 1.29 is 23.9 Å². The van der Waals surface area contributed by atoms with Crippen LogP contribution in [0.25, 0.3) is 0 Å². The summed E-state index contributed by atoms with van der Waals surface area (Å²) in [7, 11) is 1.32. The summed E-state index contributed by atoms with van der Waals surface area (Å²) < 4.78 is 15.7. The van der Waals surface area contributed by atoms with Crippen molar-refractivity contribution in [3.8, 4) is 11.5 Å². The predicted octanol–water partition coefficient (Wildman–Crippen LogP) is 3.18. The molecule has 0 radical (unpaired) electrons. The summed E-state index contributed by atoms with van der Waals surface area (Å²) in [5.74, 6) is 0.701. The topological polar surface area (TPSA) is 87.9 Å². The lowest BCUT2D eigenvalue weighted by molar-refractivity contribution is -0.385. The molecule has 1 atom stereocenters. The smallest absolute Gasteiger partial charge is 0.305 e. The molecule has 128 valence electrons. The molecule has 0 heterocycles. The summed E-state index contributed by atoms with van der Waals surface area (Å²) >= 11 is 5.59. The highest BCUT2D eigenvalue weighted by Crippen LogP contribution is 2.32. The van der Waals surface area contributed by atoms with Crippen molar-refractivity contribution in [2.75, 3.05) is 26.2 Å². The Labute approximate surface area is 139 Å². The molecule has 1 aromatic rings. The fourth-order valence-corrected chi connectivity index (χ4v) is 1.85. The van der Waals surface area contributed by atoms with Crippen LogP contribution in [0.3, 0.4) is 0 Å². The largest absolute Gasteiger partial charge is 0.490 e. The summed E-state index contributed by atoms with van der Waals surface area (Å²) in [5, 5.41) is 10.9. The van der Waals surface area contributed by atoms with Crippen LogP contribution in [0, 0.1) is 16.0 Å². The zero-order chi connectivity index (χ0) is 17.2. The number of non-ortho nitro benzene ring substituents is 1. The Morgan fingerprint density at radius 1 is 1.35 bits per heavy atom. The highest BCUT2D eigenvalue weighted by Gasteiger charge is 2.15. The Morgan fingerprint density at radius 2 is 2.09 bits per heavy atom. The van der Waals surface area contributed by atoms with E-state index in [1.807, 2.05) is 6.92 Å². The molecule has 0 saturated heterocycles. The van der Waals surface area contributed by atoms with Gasteiger partial charge in [-0.25, -0.2) is 0 Å². The molecule has 1 unspecified atom stereocenters. The van der Waals surface area contributed by atoms with E-state index in [1.165, 1.54) is 25.3 Å². The summed E-state index contributed by atoms with van der Waals surface area (Å²) in [6.45, 7) is 2.42. The Bertz CT molecular complexity index is 537. The summed E-state index contributed by atoms with van der Waals surface area (Å²) in [4.78, 5) is 21.6. The third-order valence-corrected chi connectivity index (χ3v) is 3.21. The number of nitrogens with zero attached hydrogens (tertiary/aromatic N) is 1. The number of alkyl halides is 1. The van der Waals surface area contributed by atoms with Crippen molar-refractivity contribution in [2.24, 2.45) is 5.92 Å². The van der Waals surface area contributed by atoms with Gasteiger partial charge in [-0.1, -0.05) is 6.92 Å². The van der Waals surface area contributed by atoms with Gasteiger partial charge in [-0.05, 0) is 12.5 Å². The molecule has 23 heavy (non-hydrogen) atoms. The average molecular weight is 346 g/mol. The van der Waals surface area contributed by atoms with Gasteiger partial charge in [0.25, 0.3) is 5.69 Å². The molecule has 0 aliphatic heterocycles. The van der Waals surface area contributed by atoms with Crippen LogP contribution in [0.2, 0.25) is 0 Å². The molecule has 0 saturated carbocycles. The lowest BCUT2D eigenvalue weighted by atomic mass is 10.1. The van der Waals surface area contributed by atoms with Crippen LogP contribution in [0.1, 0.15) is 19.8 Å². The third kappa shape index (κ3) is 6.73. The predicted molar refractivity (Wildman–Crippen MR) is 85.2 cm³/mol. The zero-order valence-electron chi connectivity index (χ0n) is 13.1. The number of hydrogen-bond acceptors (Lipinski definition) is 6. The van der Waals surface area contributed by atoms with E-state index in [-0.39, 0.29) is 36.4 Å². The number of rotatable bonds is 10. The normalized spacial score (nSPS) is 11.6. The van der Waals surface area contributed by atoms with E-state index in [1.54, 1.807) is 0 Å². The number of nitro benzene ring substituents is 1. The number of nitro groups is 1. The minimum absolute atomic E-state index is 0.0923. The summed E-state index contributed by atoms with van der Waals surface area (Å²) in [6.07, 6.45) is 0.852. The SMILES string of the molecule is COC(=O)CC(C)COc1cc([N+](=O)[O-])ccc1OCCCCl. The van der Waals surface area contributed by atoms with E-state index in [0.717, 1.165) is 0 Å². The standard InChI is InChI=1S/C15H20ClNO6/c1-11(8-15(18)21-2)10-23-14-9-12(17(19)20)4-5-13(14)22-7-3-6-16/h4-5,9,11H,3,6-8,10H2,1-2H3. The number of carbonyl (C=O) groups is 1. The third-order valence-electron chi connectivity index (χ3n) is 2.94. The number of ether oxygens (including phenoxy) is 3. The lowest BCUT2D eigenvalue weighted by Crippen LogP contribution is -2.15. The minimum atomic E-state index is -0.507. The molecule has 0 fully saturated rings. The van der Waals surface area contributed by atoms with Gasteiger partial charge in [0.05, 0.1) is 37.7 Å². The van der Waals surface area contributed by atoms with Gasteiger partial charge in [-0.2, -0.15) is 0 Å². The highest BCUT2D eigenvalue weighted by atomic mass is 35.5. The van der Waals surface area contributed by atoms with Crippen LogP contribution in [-0.4, -0.2) is 37.1 Å². The van der Waals surface area contributed by atoms with E-state index in [2.05, 4.69) is 4.74 Å². The Kier molecular flexibility index (Phi) is 8.18. The maximum atomic E-state index is 11.2. The molecule has 1 rings (SSSR count). The molecule has 0 amide bonds. The Balaban J connectivity index is 2.76. The molecule has 0 bridgehead atoms. The van der Waals surface area contributed by atoms with Crippen LogP contribution in [0.5, 0.6) is 11.5 Å². The molecular weight excluding hydrogens is 326 g/mol. The molecule has 0 aliphatic carbocycles. The summed E-state index contributed by atoms with van der Waals surface area (Å²) in [6, 6.07) is 4.15. The first-order valence-corrected chi connectivity index (χ1v) is 7.68. The molecule has 0 aromatic heterocycles. The van der Waals surface area contributed by atoms with Crippen molar-refractivity contribution in [2.45, 2.75) is 19.8 Å². The number of carbonyl (C=O) groups excluding carboxylic acids is 1. The molecule has 0 N–H and O–H groups in total. The molecule has 0 aliphatic rings. The number of hydrogen-bond donors (Lipinski definition) is 0. The van der Waals surface area contributed by atoms with Crippen molar-refractivity contribution in [3.05, 3.63) is 28.3 Å². The average Bonchev–Trinajstić information content (AvgIpc) is 2.53. The first-order chi connectivity index (χ1) is 11.0. The maximum Gasteiger partial charge on any atom is 0.305 e. The molecule has 7 nitrogen and oxygen atoms in total. The van der Waals surface area contributed by atoms with Gasteiger partial charge in [0.1, 0.15) is 0 Å². The first kappa shape index (κ1) is 19.0. The van der Waals surface area contributed by atoms with E-state index < -0.39 is 4.92 Å². The number of esters is 1. The fraction of sp³-hybridized carbons (Fsp3) is 0.533. The van der Waals surface area contributed by atoms with Gasteiger partial charge < -0.3 is 14.2 Å². The van der Waals surface area contributed by atoms with Crippen molar-refractivity contribution in [1.82, 2.24) is 0 Å². The monoisotopic (exact) mass is 345 g/mol. The van der Waals surface area contributed by atoms with Crippen molar-refractivity contribution >= 4 is 23.3 Å². The van der Waals surface area contributed by atoms with E-state index in [0.29, 0.717) is 24.7 Å². The molecular formula is C15H20ClNO6. The van der Waals surface area contributed by atoms with Gasteiger partial charge in [0, 0.05) is 17.9 Å². The number of benzene rings is 1. The van der Waals surface area contributed by atoms with Crippen LogP contribution >= 0.6 is 11.6 Å². The van der Waals surface area contributed by atoms with E-state index in [9.17, 15) is 14.9 Å². The fourth-order valence-electron chi connectivity index (χ4n) is 1.74. The Morgan fingerprint density at radius 3 is 2.70 bits per heavy atom. The quantitative estimate of drug-likeness (QED) is 0.213. The highest BCUT2D eigenvalue weighted by molar-refractivity contribution is 6.17. The van der Waals surface area contributed by atoms with E-state index in [4.69, 9.17) is 21.1 Å². The zero-order valence-corrected chi connectivity index (χ0v) is 13.9. The number of methoxy groups -OCH3 is 1. The van der Waals surface area contributed by atoms with Crippen LogP contribution in [0.15, 0.2) is 18.2 Å². The summed E-state index contributed by atoms with van der Waals surface area (Å²) in [5.41, 5.74) is -0.0923. The molecule has 0 spiro atoms. The van der Waals surface area contributed by atoms with Gasteiger partial charge in [-0.15, -0.1) is 11.6 Å². The van der Waals surface area contributed by atoms with Crippen molar-refractivity contribution in [3.63, 3.8) is 0 Å². The van der Waals surface area contributed by atoms with Crippen molar-refractivity contribution in [1.29, 1.82) is 0 Å². The van der Waals surface area contributed by atoms with Crippen LogP contribution in [0.4, 0.5) is 5.69 Å². The second kappa shape index (κ2) is 9.89. The van der Waals surface area contributed by atoms with Gasteiger partial charge in [0.2, 0.25) is 0 Å². The van der Waals surface area contributed by atoms with Gasteiger partial charge in [-0.3, -0.25) is 14.9 Å². The number of halogens is 1. The second-order valence-corrected chi connectivity index (χ2v) is 5.35. The molecule has 1 aromatic carbocycles. The maximum absolute atomic E-state index is 11.2. The first-order valence-electron chi connectivity index (χ1n) is 7.14. The Hall–Kier alpha value is -2.02.